The average molecular weight is 394 g/mol. The molecule has 0 bridgehead atoms. The fourth-order valence-corrected chi connectivity index (χ4v) is 4.08. The van der Waals surface area contributed by atoms with E-state index >= 15 is 0 Å². The number of rotatable bonds is 5. The van der Waals surface area contributed by atoms with Crippen LogP contribution in [0.2, 0.25) is 0 Å². The van der Waals surface area contributed by atoms with E-state index in [0.29, 0.717) is 12.3 Å². The summed E-state index contributed by atoms with van der Waals surface area (Å²) >= 11 is 0. The second-order valence-electron chi connectivity index (χ2n) is 7.52. The van der Waals surface area contributed by atoms with E-state index in [1.807, 2.05) is 0 Å². The first-order valence-electron chi connectivity index (χ1n) is 9.43. The van der Waals surface area contributed by atoms with Crippen molar-refractivity contribution in [2.75, 3.05) is 11.9 Å². The van der Waals surface area contributed by atoms with Gasteiger partial charge in [-0.25, -0.2) is 0 Å². The normalized spacial score (nSPS) is 18.1. The highest BCUT2D eigenvalue weighted by Crippen LogP contribution is 2.32. The number of fused-ring (bicyclic) bond motifs is 1. The largest absolute Gasteiger partial charge is 0.459 e. The van der Waals surface area contributed by atoms with Crippen molar-refractivity contribution in [3.05, 3.63) is 41.0 Å². The lowest BCUT2D eigenvalue weighted by Gasteiger charge is -2.30. The molecule has 1 amide bonds. The number of nitrogens with one attached hydrogen (secondary N) is 2. The topological polar surface area (TPSA) is 80.0 Å². The SMILES string of the molecule is O=C(NC1(CNc2ccc(C(F)(F)F)nn2)CCCC1)c1occ2c1CCC2. The molecular formula is C19H21F3N4O2. The molecule has 0 spiro atoms. The summed E-state index contributed by atoms with van der Waals surface area (Å²) in [5, 5.41) is 12.9. The van der Waals surface area contributed by atoms with Gasteiger partial charge in [-0.2, -0.15) is 13.2 Å². The zero-order chi connectivity index (χ0) is 19.8. The molecule has 1 fully saturated rings. The maximum absolute atomic E-state index is 12.8. The molecule has 4 rings (SSSR count). The second-order valence-corrected chi connectivity index (χ2v) is 7.52. The van der Waals surface area contributed by atoms with Crippen molar-refractivity contribution in [2.45, 2.75) is 56.7 Å². The van der Waals surface area contributed by atoms with E-state index in [-0.39, 0.29) is 11.7 Å². The van der Waals surface area contributed by atoms with Gasteiger partial charge in [-0.1, -0.05) is 12.8 Å². The van der Waals surface area contributed by atoms with Crippen LogP contribution in [0.5, 0.6) is 0 Å². The minimum Gasteiger partial charge on any atom is -0.459 e. The van der Waals surface area contributed by atoms with Crippen LogP contribution in [0.1, 0.15) is 59.5 Å². The van der Waals surface area contributed by atoms with Crippen LogP contribution in [0.15, 0.2) is 22.8 Å². The van der Waals surface area contributed by atoms with Crippen LogP contribution >= 0.6 is 0 Å². The van der Waals surface area contributed by atoms with E-state index < -0.39 is 17.4 Å². The van der Waals surface area contributed by atoms with Gasteiger partial charge in [0.1, 0.15) is 5.82 Å². The zero-order valence-electron chi connectivity index (χ0n) is 15.2. The van der Waals surface area contributed by atoms with Crippen LogP contribution in [0.25, 0.3) is 0 Å². The Morgan fingerprint density at radius 1 is 1.14 bits per heavy atom. The van der Waals surface area contributed by atoms with Gasteiger partial charge in [-0.05, 0) is 49.8 Å². The maximum atomic E-state index is 12.8. The number of carbonyl (C=O) groups excluding carboxylic acids is 1. The fourth-order valence-electron chi connectivity index (χ4n) is 4.08. The van der Waals surface area contributed by atoms with E-state index in [4.69, 9.17) is 4.42 Å². The molecule has 0 aliphatic heterocycles. The number of carbonyl (C=O) groups is 1. The minimum atomic E-state index is -4.52. The highest BCUT2D eigenvalue weighted by atomic mass is 19.4. The Labute approximate surface area is 159 Å². The van der Waals surface area contributed by atoms with Crippen molar-refractivity contribution in [3.63, 3.8) is 0 Å². The van der Waals surface area contributed by atoms with Crippen LogP contribution in [0.4, 0.5) is 19.0 Å². The number of halogens is 3. The van der Waals surface area contributed by atoms with Crippen molar-refractivity contribution in [1.82, 2.24) is 15.5 Å². The first kappa shape index (κ1) is 18.8. The van der Waals surface area contributed by atoms with Gasteiger partial charge in [-0.3, -0.25) is 4.79 Å². The molecule has 2 heterocycles. The minimum absolute atomic E-state index is 0.231. The van der Waals surface area contributed by atoms with Crippen molar-refractivity contribution in [3.8, 4) is 0 Å². The number of alkyl halides is 3. The average Bonchev–Trinajstić information content (AvgIpc) is 3.37. The first-order chi connectivity index (χ1) is 13.4. The Bertz CT molecular complexity index is 855. The van der Waals surface area contributed by atoms with E-state index in [1.54, 1.807) is 6.26 Å². The predicted molar refractivity (Wildman–Crippen MR) is 94.9 cm³/mol. The van der Waals surface area contributed by atoms with Crippen molar-refractivity contribution in [1.29, 1.82) is 0 Å². The molecular weight excluding hydrogens is 373 g/mol. The van der Waals surface area contributed by atoms with Gasteiger partial charge in [0.25, 0.3) is 5.91 Å². The summed E-state index contributed by atoms with van der Waals surface area (Å²) in [4.78, 5) is 12.8. The number of hydrogen-bond acceptors (Lipinski definition) is 5. The molecule has 0 aromatic carbocycles. The van der Waals surface area contributed by atoms with Gasteiger partial charge in [0.2, 0.25) is 0 Å². The third-order valence-corrected chi connectivity index (χ3v) is 5.56. The van der Waals surface area contributed by atoms with E-state index in [1.165, 1.54) is 6.07 Å². The summed E-state index contributed by atoms with van der Waals surface area (Å²) in [6.45, 7) is 0.363. The third kappa shape index (κ3) is 3.70. The molecule has 2 aromatic rings. The Hall–Kier alpha value is -2.58. The van der Waals surface area contributed by atoms with Crippen LogP contribution < -0.4 is 10.6 Å². The van der Waals surface area contributed by atoms with Crippen molar-refractivity contribution >= 4 is 11.7 Å². The summed E-state index contributed by atoms with van der Waals surface area (Å²) in [7, 11) is 0. The third-order valence-electron chi connectivity index (χ3n) is 5.56. The summed E-state index contributed by atoms with van der Waals surface area (Å²) in [6.07, 6.45) is 3.45. The highest BCUT2D eigenvalue weighted by molar-refractivity contribution is 5.94. The Balaban J connectivity index is 1.44. The smallest absolute Gasteiger partial charge is 0.435 e. The number of aromatic nitrogens is 2. The van der Waals surface area contributed by atoms with Gasteiger partial charge < -0.3 is 15.1 Å². The lowest BCUT2D eigenvalue weighted by atomic mass is 9.96. The van der Waals surface area contributed by atoms with E-state index in [9.17, 15) is 18.0 Å². The number of amides is 1. The quantitative estimate of drug-likeness (QED) is 0.808. The summed E-state index contributed by atoms with van der Waals surface area (Å²) < 4.78 is 43.3. The van der Waals surface area contributed by atoms with E-state index in [0.717, 1.165) is 62.1 Å². The van der Waals surface area contributed by atoms with Crippen LogP contribution in [0, 0.1) is 0 Å². The lowest BCUT2D eigenvalue weighted by Crippen LogP contribution is -2.51. The lowest BCUT2D eigenvalue weighted by molar-refractivity contribution is -0.141. The van der Waals surface area contributed by atoms with Crippen molar-refractivity contribution < 1.29 is 22.4 Å². The summed E-state index contributed by atoms with van der Waals surface area (Å²) in [5.41, 5.74) is 0.573. The Morgan fingerprint density at radius 2 is 1.93 bits per heavy atom. The fraction of sp³-hybridized carbons (Fsp3) is 0.526. The van der Waals surface area contributed by atoms with Gasteiger partial charge >= 0.3 is 6.18 Å². The molecule has 28 heavy (non-hydrogen) atoms. The number of hydrogen-bond donors (Lipinski definition) is 2. The Morgan fingerprint density at radius 3 is 2.61 bits per heavy atom. The highest BCUT2D eigenvalue weighted by Gasteiger charge is 2.37. The van der Waals surface area contributed by atoms with Crippen molar-refractivity contribution in [2.24, 2.45) is 0 Å². The Kier molecular flexibility index (Phi) is 4.76. The zero-order valence-corrected chi connectivity index (χ0v) is 15.2. The van der Waals surface area contributed by atoms with Crippen LogP contribution in [-0.4, -0.2) is 28.2 Å². The first-order valence-corrected chi connectivity index (χ1v) is 9.43. The number of aryl methyl sites for hydroxylation is 1. The molecule has 150 valence electrons. The van der Waals surface area contributed by atoms with Gasteiger partial charge in [0.15, 0.2) is 11.5 Å². The maximum Gasteiger partial charge on any atom is 0.435 e. The predicted octanol–water partition coefficient (Wildman–Crippen LogP) is 3.73. The second kappa shape index (κ2) is 7.10. The molecule has 2 aliphatic carbocycles. The molecule has 0 saturated heterocycles. The van der Waals surface area contributed by atoms with Gasteiger partial charge in [0.05, 0.1) is 11.8 Å². The van der Waals surface area contributed by atoms with Crippen LogP contribution in [-0.2, 0) is 19.0 Å². The monoisotopic (exact) mass is 394 g/mol. The molecule has 2 aromatic heterocycles. The molecule has 0 atom stereocenters. The molecule has 0 unspecified atom stereocenters. The summed E-state index contributed by atoms with van der Waals surface area (Å²) in [6, 6.07) is 2.14. The molecule has 2 aliphatic rings. The molecule has 0 radical (unpaired) electrons. The number of anilines is 1. The number of furan rings is 1. The van der Waals surface area contributed by atoms with Gasteiger partial charge in [0, 0.05) is 12.1 Å². The summed E-state index contributed by atoms with van der Waals surface area (Å²) in [5.74, 6) is 0.394. The van der Waals surface area contributed by atoms with Crippen LogP contribution in [0.3, 0.4) is 0 Å². The van der Waals surface area contributed by atoms with E-state index in [2.05, 4.69) is 20.8 Å². The van der Waals surface area contributed by atoms with Gasteiger partial charge in [-0.15, -0.1) is 10.2 Å². The molecule has 1 saturated carbocycles. The molecule has 6 nitrogen and oxygen atoms in total. The molecule has 9 heteroatoms. The number of nitrogens with zero attached hydrogens (tertiary/aromatic N) is 2. The standard InChI is InChI=1S/C19H21F3N4O2/c20-19(21,22)14-6-7-15(26-25-14)23-11-18(8-1-2-9-18)24-17(27)16-13-5-3-4-12(13)10-28-16/h6-7,10H,1-5,8-9,11H2,(H,23,26)(H,24,27). The molecule has 2 N–H and O–H groups in total.